The summed E-state index contributed by atoms with van der Waals surface area (Å²) < 4.78 is 10.8. The molecule has 0 spiro atoms. The average Bonchev–Trinajstić information content (AvgIpc) is 3.36. The molecule has 2 fully saturated rings. The zero-order valence-electron chi connectivity index (χ0n) is 19.5. The van der Waals surface area contributed by atoms with Crippen LogP contribution < -0.4 is 15.5 Å². The molecular weight excluding hydrogens is 447 g/mol. The standard InChI is InChI=1S/C26H31N4O3P/c1-17-6-7-20-22(14-17)28-24(21-4-2-3-5-23(21)34)29-25(20)30-11-8-19(9-12-30)27-26(31)33-16-18-10-13-32-15-18/h2-7,14,18-19H,8-13,15-16,34H2,1H3,(H,27,31). The van der Waals surface area contributed by atoms with E-state index in [4.69, 9.17) is 19.4 Å². The van der Waals surface area contributed by atoms with Crippen LogP contribution in [0.5, 0.6) is 0 Å². The number of rotatable bonds is 5. The molecule has 2 atom stereocenters. The van der Waals surface area contributed by atoms with Crippen molar-refractivity contribution in [2.75, 3.05) is 37.8 Å². The first-order valence-electron chi connectivity index (χ1n) is 12.0. The summed E-state index contributed by atoms with van der Waals surface area (Å²) in [6.45, 7) is 5.57. The third-order valence-electron chi connectivity index (χ3n) is 6.62. The summed E-state index contributed by atoms with van der Waals surface area (Å²) in [7, 11) is 2.78. The van der Waals surface area contributed by atoms with Gasteiger partial charge >= 0.3 is 6.09 Å². The molecule has 0 aliphatic carbocycles. The Kier molecular flexibility index (Phi) is 6.93. The maximum atomic E-state index is 12.2. The Hall–Kier alpha value is -2.76. The van der Waals surface area contributed by atoms with Gasteiger partial charge in [0.05, 0.1) is 18.7 Å². The number of hydrogen-bond donors (Lipinski definition) is 1. The maximum absolute atomic E-state index is 12.2. The van der Waals surface area contributed by atoms with Gasteiger partial charge in [-0.25, -0.2) is 14.8 Å². The van der Waals surface area contributed by atoms with Crippen molar-refractivity contribution in [1.29, 1.82) is 0 Å². The zero-order valence-corrected chi connectivity index (χ0v) is 20.7. The lowest BCUT2D eigenvalue weighted by Gasteiger charge is -2.33. The number of aryl methyl sites for hydroxylation is 1. The molecule has 8 heteroatoms. The summed E-state index contributed by atoms with van der Waals surface area (Å²) in [5, 5.41) is 5.17. The third-order valence-corrected chi connectivity index (χ3v) is 7.13. The Labute approximate surface area is 202 Å². The lowest BCUT2D eigenvalue weighted by Crippen LogP contribution is -2.45. The van der Waals surface area contributed by atoms with Gasteiger partial charge in [0, 0.05) is 42.6 Å². The van der Waals surface area contributed by atoms with Gasteiger partial charge in [-0.3, -0.25) is 0 Å². The van der Waals surface area contributed by atoms with Crippen molar-refractivity contribution in [2.45, 2.75) is 32.2 Å². The number of piperidine rings is 1. The van der Waals surface area contributed by atoms with E-state index >= 15 is 0 Å². The molecular formula is C26H31N4O3P. The number of fused-ring (bicyclic) bond motifs is 1. The van der Waals surface area contributed by atoms with Gasteiger partial charge in [0.15, 0.2) is 5.82 Å². The molecule has 0 bridgehead atoms. The molecule has 0 saturated carbocycles. The van der Waals surface area contributed by atoms with Crippen LogP contribution in [0.3, 0.4) is 0 Å². The molecule has 34 heavy (non-hydrogen) atoms. The second-order valence-electron chi connectivity index (χ2n) is 9.21. The number of alkyl carbamates (subject to hydrolysis) is 1. The molecule has 2 aliphatic rings. The molecule has 2 saturated heterocycles. The minimum Gasteiger partial charge on any atom is -0.449 e. The van der Waals surface area contributed by atoms with E-state index in [1.165, 1.54) is 5.56 Å². The van der Waals surface area contributed by atoms with E-state index < -0.39 is 0 Å². The predicted molar refractivity (Wildman–Crippen MR) is 138 cm³/mol. The second kappa shape index (κ2) is 10.2. The largest absolute Gasteiger partial charge is 0.449 e. The van der Waals surface area contributed by atoms with E-state index in [0.717, 1.165) is 72.4 Å². The highest BCUT2D eigenvalue weighted by Crippen LogP contribution is 2.30. The average molecular weight is 479 g/mol. The van der Waals surface area contributed by atoms with Crippen LogP contribution in [-0.2, 0) is 9.47 Å². The minimum absolute atomic E-state index is 0.103. The van der Waals surface area contributed by atoms with Gasteiger partial charge in [0.1, 0.15) is 5.82 Å². The quantitative estimate of drug-likeness (QED) is 0.562. The van der Waals surface area contributed by atoms with Crippen LogP contribution >= 0.6 is 9.24 Å². The molecule has 7 nitrogen and oxygen atoms in total. The SMILES string of the molecule is Cc1ccc2c(N3CCC(NC(=O)OCC4CCOC4)CC3)nc(-c3ccccc3P)nc2c1. The van der Waals surface area contributed by atoms with E-state index in [2.05, 4.69) is 56.7 Å². The first-order chi connectivity index (χ1) is 16.6. The summed E-state index contributed by atoms with van der Waals surface area (Å²) >= 11 is 0. The van der Waals surface area contributed by atoms with Crippen molar-refractivity contribution in [1.82, 2.24) is 15.3 Å². The van der Waals surface area contributed by atoms with E-state index in [1.54, 1.807) is 0 Å². The van der Waals surface area contributed by atoms with E-state index in [0.29, 0.717) is 19.1 Å². The van der Waals surface area contributed by atoms with Crippen molar-refractivity contribution < 1.29 is 14.3 Å². The molecule has 1 aromatic heterocycles. The van der Waals surface area contributed by atoms with E-state index in [1.807, 2.05) is 12.1 Å². The molecule has 2 aliphatic heterocycles. The Morgan fingerprint density at radius 2 is 2.00 bits per heavy atom. The molecule has 1 amide bonds. The smallest absolute Gasteiger partial charge is 0.407 e. The van der Waals surface area contributed by atoms with Crippen LogP contribution in [0.15, 0.2) is 42.5 Å². The van der Waals surface area contributed by atoms with Gasteiger partial charge in [-0.1, -0.05) is 30.3 Å². The maximum Gasteiger partial charge on any atom is 0.407 e. The fraction of sp³-hybridized carbons (Fsp3) is 0.423. The van der Waals surface area contributed by atoms with Crippen LogP contribution in [0.25, 0.3) is 22.3 Å². The van der Waals surface area contributed by atoms with Crippen molar-refractivity contribution >= 4 is 37.4 Å². The Morgan fingerprint density at radius 1 is 1.18 bits per heavy atom. The number of nitrogens with zero attached hydrogens (tertiary/aromatic N) is 3. The van der Waals surface area contributed by atoms with Gasteiger partial charge in [0.25, 0.3) is 0 Å². The predicted octanol–water partition coefficient (Wildman–Crippen LogP) is 3.84. The monoisotopic (exact) mass is 478 g/mol. The topological polar surface area (TPSA) is 76.6 Å². The Balaban J connectivity index is 1.30. The fourth-order valence-electron chi connectivity index (χ4n) is 4.64. The van der Waals surface area contributed by atoms with Crippen molar-refractivity contribution in [3.05, 3.63) is 48.0 Å². The number of hydrogen-bond acceptors (Lipinski definition) is 6. The molecule has 178 valence electrons. The normalized spacial score (nSPS) is 18.9. The number of amides is 1. The van der Waals surface area contributed by atoms with Gasteiger partial charge in [-0.05, 0) is 49.2 Å². The summed E-state index contributed by atoms with van der Waals surface area (Å²) in [6.07, 6.45) is 2.32. The zero-order chi connectivity index (χ0) is 23.5. The van der Waals surface area contributed by atoms with Crippen molar-refractivity contribution in [3.8, 4) is 11.4 Å². The van der Waals surface area contributed by atoms with Gasteiger partial charge in [-0.15, -0.1) is 9.24 Å². The molecule has 0 radical (unpaired) electrons. The summed E-state index contributed by atoms with van der Waals surface area (Å²) in [5.41, 5.74) is 3.14. The lowest BCUT2D eigenvalue weighted by atomic mass is 10.0. The van der Waals surface area contributed by atoms with Gasteiger partial charge < -0.3 is 19.7 Å². The first kappa shape index (κ1) is 23.0. The molecule has 1 N–H and O–H groups in total. The van der Waals surface area contributed by atoms with Crippen LogP contribution in [0.2, 0.25) is 0 Å². The molecule has 3 aromatic rings. The third kappa shape index (κ3) is 5.16. The summed E-state index contributed by atoms with van der Waals surface area (Å²) in [6, 6.07) is 14.6. The molecule has 2 unspecified atom stereocenters. The van der Waals surface area contributed by atoms with Crippen molar-refractivity contribution in [3.63, 3.8) is 0 Å². The number of aromatic nitrogens is 2. The highest BCUT2D eigenvalue weighted by Gasteiger charge is 2.25. The highest BCUT2D eigenvalue weighted by molar-refractivity contribution is 7.27. The second-order valence-corrected chi connectivity index (χ2v) is 9.83. The minimum atomic E-state index is -0.326. The molecule has 2 aromatic carbocycles. The summed E-state index contributed by atoms with van der Waals surface area (Å²) in [4.78, 5) is 24.5. The van der Waals surface area contributed by atoms with Crippen LogP contribution in [0, 0.1) is 12.8 Å². The Morgan fingerprint density at radius 3 is 2.76 bits per heavy atom. The van der Waals surface area contributed by atoms with Crippen LogP contribution in [0.1, 0.15) is 24.8 Å². The number of ether oxygens (including phenoxy) is 2. The number of carbonyl (C=O) groups is 1. The number of anilines is 1. The summed E-state index contributed by atoms with van der Waals surface area (Å²) in [5.74, 6) is 2.01. The lowest BCUT2D eigenvalue weighted by molar-refractivity contribution is 0.113. The van der Waals surface area contributed by atoms with Crippen LogP contribution in [0.4, 0.5) is 10.6 Å². The number of nitrogens with one attached hydrogen (secondary N) is 1. The first-order valence-corrected chi connectivity index (χ1v) is 12.5. The fourth-order valence-corrected chi connectivity index (χ4v) is 4.97. The van der Waals surface area contributed by atoms with Crippen LogP contribution in [-0.4, -0.2) is 55.0 Å². The van der Waals surface area contributed by atoms with E-state index in [-0.39, 0.29) is 12.1 Å². The van der Waals surface area contributed by atoms with Crippen molar-refractivity contribution in [2.24, 2.45) is 5.92 Å². The number of benzene rings is 2. The van der Waals surface area contributed by atoms with Gasteiger partial charge in [-0.2, -0.15) is 0 Å². The van der Waals surface area contributed by atoms with E-state index in [9.17, 15) is 4.79 Å². The van der Waals surface area contributed by atoms with Gasteiger partial charge in [0.2, 0.25) is 0 Å². The highest BCUT2D eigenvalue weighted by atomic mass is 31.0. The Bertz CT molecular complexity index is 1170. The number of carbonyl (C=O) groups excluding carboxylic acids is 1. The molecule has 3 heterocycles. The molecule has 5 rings (SSSR count).